The molecule has 0 aliphatic carbocycles. The molecule has 0 saturated carbocycles. The second-order valence-corrected chi connectivity index (χ2v) is 7.78. The van der Waals surface area contributed by atoms with E-state index in [2.05, 4.69) is 41.6 Å². The Labute approximate surface area is 169 Å². The van der Waals surface area contributed by atoms with Crippen molar-refractivity contribution in [2.75, 3.05) is 17.4 Å². The number of amides is 1. The smallest absolute Gasteiger partial charge is 0.276 e. The van der Waals surface area contributed by atoms with Gasteiger partial charge in [-0.2, -0.15) is 0 Å². The monoisotopic (exact) mass is 390 g/mol. The normalized spacial score (nSPS) is 12.5. The van der Waals surface area contributed by atoms with Gasteiger partial charge in [0.1, 0.15) is 0 Å². The van der Waals surface area contributed by atoms with Gasteiger partial charge in [0, 0.05) is 17.4 Å². The Bertz CT molecular complexity index is 1030. The number of carbonyl (C=O) groups is 1. The van der Waals surface area contributed by atoms with Crippen molar-refractivity contribution < 1.29 is 14.3 Å². The summed E-state index contributed by atoms with van der Waals surface area (Å²) in [6, 6.07) is 16.6. The Balaban J connectivity index is 1.40. The maximum atomic E-state index is 12.4. The lowest BCUT2D eigenvalue weighted by molar-refractivity contribution is 0.102. The average Bonchev–Trinajstić information content (AvgIpc) is 3.16. The Morgan fingerprint density at radius 3 is 2.31 bits per heavy atom. The molecule has 29 heavy (non-hydrogen) atoms. The van der Waals surface area contributed by atoms with Gasteiger partial charge in [-0.05, 0) is 47.4 Å². The fraction of sp³-hybridized carbons (Fsp3) is 0.227. The van der Waals surface area contributed by atoms with Crippen LogP contribution in [0, 0.1) is 0 Å². The highest BCUT2D eigenvalue weighted by Crippen LogP contribution is 2.34. The summed E-state index contributed by atoms with van der Waals surface area (Å²) in [5, 5.41) is 14.1. The van der Waals surface area contributed by atoms with E-state index in [1.54, 1.807) is 12.1 Å². The molecule has 3 aromatic rings. The Morgan fingerprint density at radius 2 is 1.62 bits per heavy atom. The molecular weight excluding hydrogens is 368 g/mol. The molecule has 0 atom stereocenters. The molecule has 4 rings (SSSR count). The third-order valence-electron chi connectivity index (χ3n) is 4.55. The number of nitrogens with zero attached hydrogens (tertiary/aromatic N) is 2. The molecule has 0 saturated heterocycles. The third-order valence-corrected chi connectivity index (χ3v) is 4.55. The lowest BCUT2D eigenvalue weighted by atomic mass is 9.87. The van der Waals surface area contributed by atoms with E-state index >= 15 is 0 Å². The number of hydrogen-bond acceptors (Lipinski definition) is 6. The van der Waals surface area contributed by atoms with Crippen LogP contribution in [0.4, 0.5) is 17.2 Å². The maximum absolute atomic E-state index is 12.4. The minimum Gasteiger partial charge on any atom is -0.454 e. The van der Waals surface area contributed by atoms with E-state index < -0.39 is 0 Å². The van der Waals surface area contributed by atoms with Crippen LogP contribution in [-0.2, 0) is 5.41 Å². The summed E-state index contributed by atoms with van der Waals surface area (Å²) in [6.07, 6.45) is 0. The largest absolute Gasteiger partial charge is 0.454 e. The summed E-state index contributed by atoms with van der Waals surface area (Å²) in [5.41, 5.74) is 3.01. The van der Waals surface area contributed by atoms with Crippen LogP contribution in [0.5, 0.6) is 11.5 Å². The van der Waals surface area contributed by atoms with Crippen molar-refractivity contribution in [3.63, 3.8) is 0 Å². The van der Waals surface area contributed by atoms with Gasteiger partial charge in [-0.1, -0.05) is 32.9 Å². The first kappa shape index (κ1) is 18.7. The lowest BCUT2D eigenvalue weighted by Crippen LogP contribution is -2.15. The molecule has 2 heterocycles. The third kappa shape index (κ3) is 4.29. The van der Waals surface area contributed by atoms with Crippen LogP contribution in [0.25, 0.3) is 0 Å². The molecule has 1 amide bonds. The van der Waals surface area contributed by atoms with Gasteiger partial charge in [-0.15, -0.1) is 10.2 Å². The van der Waals surface area contributed by atoms with E-state index in [1.165, 1.54) is 5.56 Å². The highest BCUT2D eigenvalue weighted by atomic mass is 16.7. The first-order valence-electron chi connectivity index (χ1n) is 9.31. The van der Waals surface area contributed by atoms with Crippen molar-refractivity contribution >= 4 is 23.1 Å². The number of ether oxygens (including phenoxy) is 2. The van der Waals surface area contributed by atoms with Crippen molar-refractivity contribution in [2.24, 2.45) is 0 Å². The van der Waals surface area contributed by atoms with Crippen molar-refractivity contribution in [3.05, 3.63) is 65.9 Å². The van der Waals surface area contributed by atoms with Gasteiger partial charge in [0.25, 0.3) is 5.91 Å². The molecule has 2 aromatic carbocycles. The van der Waals surface area contributed by atoms with Gasteiger partial charge in [0.2, 0.25) is 6.79 Å². The fourth-order valence-electron chi connectivity index (χ4n) is 2.89. The van der Waals surface area contributed by atoms with Crippen LogP contribution >= 0.6 is 0 Å². The zero-order valence-electron chi connectivity index (χ0n) is 16.5. The second-order valence-electron chi connectivity index (χ2n) is 7.78. The molecule has 7 nitrogen and oxygen atoms in total. The minimum absolute atomic E-state index is 0.0643. The molecule has 0 spiro atoms. The summed E-state index contributed by atoms with van der Waals surface area (Å²) in [7, 11) is 0. The fourth-order valence-corrected chi connectivity index (χ4v) is 2.89. The predicted molar refractivity (Wildman–Crippen MR) is 111 cm³/mol. The van der Waals surface area contributed by atoms with E-state index in [1.807, 2.05) is 42.5 Å². The standard InChI is InChI=1S/C22H22N4O3/c1-22(2,3)14-4-6-15(7-5-14)24-21(27)17-9-11-20(26-25-17)23-16-8-10-18-19(12-16)29-13-28-18/h4-12H,13H2,1-3H3,(H,23,26)(H,24,27). The highest BCUT2D eigenvalue weighted by molar-refractivity contribution is 6.02. The van der Waals surface area contributed by atoms with E-state index in [-0.39, 0.29) is 23.8 Å². The number of hydrogen-bond donors (Lipinski definition) is 2. The molecule has 2 N–H and O–H groups in total. The molecule has 0 fully saturated rings. The Hall–Kier alpha value is -3.61. The summed E-state index contributed by atoms with van der Waals surface area (Å²) in [5.74, 6) is 1.60. The topological polar surface area (TPSA) is 85.4 Å². The zero-order chi connectivity index (χ0) is 20.4. The molecular formula is C22H22N4O3. The summed E-state index contributed by atoms with van der Waals surface area (Å²) < 4.78 is 10.7. The van der Waals surface area contributed by atoms with E-state index in [4.69, 9.17) is 9.47 Å². The van der Waals surface area contributed by atoms with Crippen molar-refractivity contribution in [3.8, 4) is 11.5 Å². The van der Waals surface area contributed by atoms with E-state index in [9.17, 15) is 4.79 Å². The summed E-state index contributed by atoms with van der Waals surface area (Å²) in [6.45, 7) is 6.67. The van der Waals surface area contributed by atoms with Gasteiger partial charge >= 0.3 is 0 Å². The number of anilines is 3. The summed E-state index contributed by atoms with van der Waals surface area (Å²) >= 11 is 0. The number of rotatable bonds is 4. The SMILES string of the molecule is CC(C)(C)c1ccc(NC(=O)c2ccc(Nc3ccc4c(c3)OCO4)nn2)cc1. The molecule has 1 aromatic heterocycles. The van der Waals surface area contributed by atoms with Crippen molar-refractivity contribution in [2.45, 2.75) is 26.2 Å². The van der Waals surface area contributed by atoms with Crippen LogP contribution < -0.4 is 20.1 Å². The maximum Gasteiger partial charge on any atom is 0.276 e. The van der Waals surface area contributed by atoms with Crippen LogP contribution in [0.15, 0.2) is 54.6 Å². The van der Waals surface area contributed by atoms with Crippen molar-refractivity contribution in [1.29, 1.82) is 0 Å². The molecule has 7 heteroatoms. The van der Waals surface area contributed by atoms with Crippen LogP contribution in [0.3, 0.4) is 0 Å². The number of aromatic nitrogens is 2. The molecule has 0 unspecified atom stereocenters. The van der Waals surface area contributed by atoms with Crippen molar-refractivity contribution in [1.82, 2.24) is 10.2 Å². The second kappa shape index (κ2) is 7.43. The van der Waals surface area contributed by atoms with E-state index in [0.29, 0.717) is 23.0 Å². The average molecular weight is 390 g/mol. The number of fused-ring (bicyclic) bond motifs is 1. The van der Waals surface area contributed by atoms with Gasteiger partial charge in [0.15, 0.2) is 23.0 Å². The minimum atomic E-state index is -0.310. The summed E-state index contributed by atoms with van der Waals surface area (Å²) in [4.78, 5) is 12.4. The first-order valence-corrected chi connectivity index (χ1v) is 9.31. The quantitative estimate of drug-likeness (QED) is 0.682. The van der Waals surface area contributed by atoms with Gasteiger partial charge in [0.05, 0.1) is 0 Å². The molecule has 1 aliphatic rings. The number of carbonyl (C=O) groups excluding carboxylic acids is 1. The molecule has 1 aliphatic heterocycles. The van der Waals surface area contributed by atoms with Crippen LogP contribution in [0.1, 0.15) is 36.8 Å². The first-order chi connectivity index (χ1) is 13.9. The number of nitrogens with one attached hydrogen (secondary N) is 2. The Morgan fingerprint density at radius 1 is 0.897 bits per heavy atom. The van der Waals surface area contributed by atoms with Gasteiger partial charge in [-0.3, -0.25) is 4.79 Å². The van der Waals surface area contributed by atoms with Gasteiger partial charge in [-0.25, -0.2) is 0 Å². The van der Waals surface area contributed by atoms with Crippen LogP contribution in [-0.4, -0.2) is 22.9 Å². The zero-order valence-corrected chi connectivity index (χ0v) is 16.5. The molecule has 0 bridgehead atoms. The highest BCUT2D eigenvalue weighted by Gasteiger charge is 2.15. The van der Waals surface area contributed by atoms with Gasteiger partial charge < -0.3 is 20.1 Å². The lowest BCUT2D eigenvalue weighted by Gasteiger charge is -2.19. The molecule has 148 valence electrons. The van der Waals surface area contributed by atoms with Crippen LogP contribution in [0.2, 0.25) is 0 Å². The predicted octanol–water partition coefficient (Wildman–Crippen LogP) is 4.50. The number of benzene rings is 2. The van der Waals surface area contributed by atoms with E-state index in [0.717, 1.165) is 5.69 Å². The molecule has 0 radical (unpaired) electrons. The Kier molecular flexibility index (Phi) is 4.80.